The summed E-state index contributed by atoms with van der Waals surface area (Å²) in [6, 6.07) is 3.82. The predicted octanol–water partition coefficient (Wildman–Crippen LogP) is 1.99. The van der Waals surface area contributed by atoms with Gasteiger partial charge in [-0.25, -0.2) is 0 Å². The Morgan fingerprint density at radius 3 is 2.29 bits per heavy atom. The van der Waals surface area contributed by atoms with E-state index < -0.39 is 0 Å². The number of halogens is 1. The van der Waals surface area contributed by atoms with E-state index in [1.54, 1.807) is 26.2 Å². The van der Waals surface area contributed by atoms with Crippen LogP contribution >= 0.6 is 12.4 Å². The first kappa shape index (κ1) is 19.5. The molecular formula is C15H25ClN2O3. The Morgan fingerprint density at radius 1 is 1.29 bits per heavy atom. The normalized spacial score (nSPS) is 11.3. The third kappa shape index (κ3) is 4.79. The molecule has 1 unspecified atom stereocenters. The number of rotatable bonds is 6. The minimum absolute atomic E-state index is 0. The van der Waals surface area contributed by atoms with Crippen LogP contribution in [0.1, 0.15) is 18.1 Å². The second-order valence-corrected chi connectivity index (χ2v) is 4.96. The van der Waals surface area contributed by atoms with Crippen molar-refractivity contribution >= 4 is 18.3 Å². The SMILES string of the molecule is COc1cc(C)c(CN(C)C(=O)C(C)CN)cc1OC.Cl. The summed E-state index contributed by atoms with van der Waals surface area (Å²) in [5, 5.41) is 0. The predicted molar refractivity (Wildman–Crippen MR) is 86.2 cm³/mol. The first-order valence-electron chi connectivity index (χ1n) is 6.61. The maximum absolute atomic E-state index is 12.1. The van der Waals surface area contributed by atoms with Gasteiger partial charge in [0, 0.05) is 26.1 Å². The van der Waals surface area contributed by atoms with Crippen LogP contribution in [0.3, 0.4) is 0 Å². The molecule has 0 aliphatic carbocycles. The summed E-state index contributed by atoms with van der Waals surface area (Å²) in [4.78, 5) is 13.7. The van der Waals surface area contributed by atoms with E-state index in [1.807, 2.05) is 26.0 Å². The van der Waals surface area contributed by atoms with Crippen molar-refractivity contribution in [3.63, 3.8) is 0 Å². The van der Waals surface area contributed by atoms with E-state index in [-0.39, 0.29) is 24.2 Å². The van der Waals surface area contributed by atoms with Crippen LogP contribution in [-0.4, -0.2) is 38.6 Å². The van der Waals surface area contributed by atoms with E-state index in [4.69, 9.17) is 15.2 Å². The van der Waals surface area contributed by atoms with Gasteiger partial charge < -0.3 is 20.1 Å². The number of aryl methyl sites for hydroxylation is 1. The fourth-order valence-corrected chi connectivity index (χ4v) is 2.00. The summed E-state index contributed by atoms with van der Waals surface area (Å²) in [6.07, 6.45) is 0. The quantitative estimate of drug-likeness (QED) is 0.871. The Balaban J connectivity index is 0.00000400. The van der Waals surface area contributed by atoms with Crippen molar-refractivity contribution in [3.8, 4) is 11.5 Å². The number of amides is 1. The van der Waals surface area contributed by atoms with Crippen molar-refractivity contribution in [1.29, 1.82) is 0 Å². The number of carbonyl (C=O) groups is 1. The fourth-order valence-electron chi connectivity index (χ4n) is 2.00. The van der Waals surface area contributed by atoms with Gasteiger partial charge in [-0.2, -0.15) is 0 Å². The van der Waals surface area contributed by atoms with Crippen LogP contribution in [0.15, 0.2) is 12.1 Å². The highest BCUT2D eigenvalue weighted by Crippen LogP contribution is 2.30. The topological polar surface area (TPSA) is 64.8 Å². The lowest BCUT2D eigenvalue weighted by Gasteiger charge is -2.22. The van der Waals surface area contributed by atoms with Crippen molar-refractivity contribution in [2.24, 2.45) is 11.7 Å². The minimum Gasteiger partial charge on any atom is -0.493 e. The fraction of sp³-hybridized carbons (Fsp3) is 0.533. The van der Waals surface area contributed by atoms with Gasteiger partial charge in [0.1, 0.15) is 0 Å². The summed E-state index contributed by atoms with van der Waals surface area (Å²) in [5.74, 6) is 1.24. The molecule has 0 fully saturated rings. The molecule has 0 aliphatic rings. The summed E-state index contributed by atoms with van der Waals surface area (Å²) in [5.41, 5.74) is 7.62. The molecule has 21 heavy (non-hydrogen) atoms. The monoisotopic (exact) mass is 316 g/mol. The van der Waals surface area contributed by atoms with E-state index in [0.717, 1.165) is 11.1 Å². The zero-order valence-electron chi connectivity index (χ0n) is 13.3. The first-order chi connectivity index (χ1) is 9.44. The Kier molecular flexibility index (Phi) is 8.14. The molecule has 1 aromatic carbocycles. The molecule has 1 amide bonds. The van der Waals surface area contributed by atoms with Gasteiger partial charge in [-0.05, 0) is 30.2 Å². The first-order valence-corrected chi connectivity index (χ1v) is 6.61. The summed E-state index contributed by atoms with van der Waals surface area (Å²) in [6.45, 7) is 4.70. The van der Waals surface area contributed by atoms with Crippen LogP contribution in [-0.2, 0) is 11.3 Å². The number of methoxy groups -OCH3 is 2. The Labute approximate surface area is 132 Å². The zero-order valence-corrected chi connectivity index (χ0v) is 14.1. The lowest BCUT2D eigenvalue weighted by Crippen LogP contribution is -2.34. The van der Waals surface area contributed by atoms with E-state index in [2.05, 4.69) is 0 Å². The zero-order chi connectivity index (χ0) is 15.3. The molecule has 0 bridgehead atoms. The molecule has 0 radical (unpaired) electrons. The maximum Gasteiger partial charge on any atom is 0.226 e. The van der Waals surface area contributed by atoms with Gasteiger partial charge in [0.15, 0.2) is 11.5 Å². The van der Waals surface area contributed by atoms with Crippen molar-refractivity contribution in [2.45, 2.75) is 20.4 Å². The number of hydrogen-bond acceptors (Lipinski definition) is 4. The molecule has 1 rings (SSSR count). The lowest BCUT2D eigenvalue weighted by molar-refractivity contribution is -0.133. The molecule has 1 atom stereocenters. The second kappa shape index (κ2) is 8.74. The molecule has 0 saturated heterocycles. The van der Waals surface area contributed by atoms with Crippen molar-refractivity contribution in [2.75, 3.05) is 27.8 Å². The van der Waals surface area contributed by atoms with Gasteiger partial charge in [-0.1, -0.05) is 6.92 Å². The Hall–Kier alpha value is -1.46. The van der Waals surface area contributed by atoms with Crippen LogP contribution in [0.2, 0.25) is 0 Å². The van der Waals surface area contributed by atoms with E-state index >= 15 is 0 Å². The van der Waals surface area contributed by atoms with Gasteiger partial charge in [0.05, 0.1) is 14.2 Å². The number of nitrogens with two attached hydrogens (primary N) is 1. The summed E-state index contributed by atoms with van der Waals surface area (Å²) >= 11 is 0. The molecule has 0 saturated carbocycles. The number of hydrogen-bond donors (Lipinski definition) is 1. The van der Waals surface area contributed by atoms with E-state index in [9.17, 15) is 4.79 Å². The standard InChI is InChI=1S/C15H24N2O3.ClH/c1-10-6-13(19-4)14(20-5)7-12(10)9-17(3)15(18)11(2)8-16;/h6-7,11H,8-9,16H2,1-5H3;1H. The summed E-state index contributed by atoms with van der Waals surface area (Å²) < 4.78 is 10.6. The highest BCUT2D eigenvalue weighted by Gasteiger charge is 2.17. The van der Waals surface area contributed by atoms with Crippen molar-refractivity contribution in [3.05, 3.63) is 23.3 Å². The van der Waals surface area contributed by atoms with Gasteiger partial charge in [-0.3, -0.25) is 4.79 Å². The molecule has 1 aromatic rings. The van der Waals surface area contributed by atoms with Gasteiger partial charge >= 0.3 is 0 Å². The molecule has 2 N–H and O–H groups in total. The smallest absolute Gasteiger partial charge is 0.226 e. The number of ether oxygens (including phenoxy) is 2. The molecule has 0 aromatic heterocycles. The van der Waals surface area contributed by atoms with Crippen LogP contribution in [0.4, 0.5) is 0 Å². The van der Waals surface area contributed by atoms with Crippen molar-refractivity contribution < 1.29 is 14.3 Å². The Bertz CT molecular complexity index is 480. The minimum atomic E-state index is -0.166. The van der Waals surface area contributed by atoms with Crippen LogP contribution in [0.5, 0.6) is 11.5 Å². The summed E-state index contributed by atoms with van der Waals surface area (Å²) in [7, 11) is 4.99. The second-order valence-electron chi connectivity index (χ2n) is 4.96. The highest BCUT2D eigenvalue weighted by molar-refractivity contribution is 5.85. The molecule has 0 spiro atoms. The van der Waals surface area contributed by atoms with Gasteiger partial charge in [0.2, 0.25) is 5.91 Å². The average molecular weight is 317 g/mol. The molecule has 0 aliphatic heterocycles. The van der Waals surface area contributed by atoms with Crippen LogP contribution in [0, 0.1) is 12.8 Å². The lowest BCUT2D eigenvalue weighted by atomic mass is 10.1. The van der Waals surface area contributed by atoms with Gasteiger partial charge in [0.25, 0.3) is 0 Å². The Morgan fingerprint density at radius 2 is 1.81 bits per heavy atom. The number of carbonyl (C=O) groups excluding carboxylic acids is 1. The molecule has 120 valence electrons. The largest absolute Gasteiger partial charge is 0.493 e. The molecule has 5 nitrogen and oxygen atoms in total. The van der Waals surface area contributed by atoms with Crippen LogP contribution < -0.4 is 15.2 Å². The molecule has 6 heteroatoms. The number of nitrogens with zero attached hydrogens (tertiary/aromatic N) is 1. The van der Waals surface area contributed by atoms with E-state index in [1.165, 1.54) is 0 Å². The van der Waals surface area contributed by atoms with Crippen LogP contribution in [0.25, 0.3) is 0 Å². The van der Waals surface area contributed by atoms with Crippen molar-refractivity contribution in [1.82, 2.24) is 4.90 Å². The maximum atomic E-state index is 12.1. The molecular weight excluding hydrogens is 292 g/mol. The van der Waals surface area contributed by atoms with E-state index in [0.29, 0.717) is 24.6 Å². The highest BCUT2D eigenvalue weighted by atomic mass is 35.5. The van der Waals surface area contributed by atoms with Gasteiger partial charge in [-0.15, -0.1) is 12.4 Å². The third-order valence-corrected chi connectivity index (χ3v) is 3.40. The molecule has 0 heterocycles. The number of benzene rings is 1. The average Bonchev–Trinajstić information content (AvgIpc) is 2.46. The third-order valence-electron chi connectivity index (χ3n) is 3.40.